The Labute approximate surface area is 151 Å². The highest BCUT2D eigenvalue weighted by molar-refractivity contribution is 8.18. The molecule has 0 unspecified atom stereocenters. The molecule has 2 aromatic rings. The lowest BCUT2D eigenvalue weighted by molar-refractivity contribution is -0.123. The van der Waals surface area contributed by atoms with Crippen LogP contribution >= 0.6 is 11.8 Å². The van der Waals surface area contributed by atoms with E-state index in [4.69, 9.17) is 4.74 Å². The minimum atomic E-state index is -0.252. The Morgan fingerprint density at radius 1 is 1.08 bits per heavy atom. The molecule has 0 aliphatic carbocycles. The third kappa shape index (κ3) is 3.61. The largest absolute Gasteiger partial charge is 0.496 e. The van der Waals surface area contributed by atoms with Gasteiger partial charge in [-0.15, -0.1) is 0 Å². The summed E-state index contributed by atoms with van der Waals surface area (Å²) in [4.78, 5) is 26.7. The molecule has 0 bridgehead atoms. The molecule has 3 rings (SSSR count). The fourth-order valence-electron chi connectivity index (χ4n) is 2.67. The van der Waals surface area contributed by atoms with Gasteiger partial charge in [0, 0.05) is 0 Å². The first kappa shape index (κ1) is 17.3. The number of imide groups is 1. The topological polar surface area (TPSA) is 46.6 Å². The predicted molar refractivity (Wildman–Crippen MR) is 100 cm³/mol. The van der Waals surface area contributed by atoms with Gasteiger partial charge in [-0.05, 0) is 60.0 Å². The number of methoxy groups -OCH3 is 1. The highest BCUT2D eigenvalue weighted by Crippen LogP contribution is 2.34. The van der Waals surface area contributed by atoms with Crippen molar-refractivity contribution in [2.24, 2.45) is 0 Å². The van der Waals surface area contributed by atoms with Gasteiger partial charge in [0.05, 0.1) is 18.6 Å². The number of aryl methyl sites for hydroxylation is 2. The number of hydrogen-bond acceptors (Lipinski definition) is 4. The van der Waals surface area contributed by atoms with Crippen molar-refractivity contribution >= 4 is 29.0 Å². The molecule has 1 saturated heterocycles. The Hall–Kier alpha value is -2.53. The first-order valence-electron chi connectivity index (χ1n) is 7.94. The van der Waals surface area contributed by atoms with Gasteiger partial charge in [0.15, 0.2) is 0 Å². The number of carbonyl (C=O) groups excluding carboxylic acids is 2. The Morgan fingerprint density at radius 3 is 2.56 bits per heavy atom. The van der Waals surface area contributed by atoms with Gasteiger partial charge in [-0.25, -0.2) is 0 Å². The van der Waals surface area contributed by atoms with Crippen molar-refractivity contribution in [2.75, 3.05) is 7.11 Å². The predicted octanol–water partition coefficient (Wildman–Crippen LogP) is 4.55. The van der Waals surface area contributed by atoms with Crippen LogP contribution < -0.4 is 4.74 Å². The highest BCUT2D eigenvalue weighted by Gasteiger charge is 2.35. The van der Waals surface area contributed by atoms with Gasteiger partial charge in [0.1, 0.15) is 5.75 Å². The highest BCUT2D eigenvalue weighted by atomic mass is 32.2. The summed E-state index contributed by atoms with van der Waals surface area (Å²) in [5.41, 5.74) is 3.90. The molecule has 1 aliphatic heterocycles. The summed E-state index contributed by atoms with van der Waals surface area (Å²) >= 11 is 0.977. The van der Waals surface area contributed by atoms with Gasteiger partial charge < -0.3 is 4.74 Å². The summed E-state index contributed by atoms with van der Waals surface area (Å²) in [6.45, 7) is 4.23. The number of nitrogens with zero attached hydrogens (tertiary/aromatic N) is 1. The van der Waals surface area contributed by atoms with Crippen molar-refractivity contribution < 1.29 is 14.3 Å². The van der Waals surface area contributed by atoms with Gasteiger partial charge >= 0.3 is 0 Å². The monoisotopic (exact) mass is 353 g/mol. The SMILES string of the molecule is COc1cc(/C=C2\SC(=O)N(Cc3ccccc3C)C2=O)ccc1C. The fourth-order valence-corrected chi connectivity index (χ4v) is 3.51. The first-order chi connectivity index (χ1) is 12.0. The van der Waals surface area contributed by atoms with E-state index < -0.39 is 0 Å². The molecule has 25 heavy (non-hydrogen) atoms. The molecular weight excluding hydrogens is 334 g/mol. The summed E-state index contributed by atoms with van der Waals surface area (Å²) in [7, 11) is 1.61. The maximum Gasteiger partial charge on any atom is 0.293 e. The molecule has 0 N–H and O–H groups in total. The molecule has 0 saturated carbocycles. The van der Waals surface area contributed by atoms with E-state index in [1.807, 2.05) is 56.3 Å². The summed E-state index contributed by atoms with van der Waals surface area (Å²) < 4.78 is 5.31. The van der Waals surface area contributed by atoms with Crippen LogP contribution in [0.15, 0.2) is 47.4 Å². The van der Waals surface area contributed by atoms with E-state index in [9.17, 15) is 9.59 Å². The summed E-state index contributed by atoms with van der Waals surface area (Å²) in [5.74, 6) is 0.505. The molecule has 0 atom stereocenters. The molecule has 1 aliphatic rings. The molecular formula is C20H19NO3S. The maximum absolute atomic E-state index is 12.6. The molecule has 4 nitrogen and oxygen atoms in total. The Morgan fingerprint density at radius 2 is 1.84 bits per heavy atom. The van der Waals surface area contributed by atoms with Crippen LogP contribution in [0.2, 0.25) is 0 Å². The number of thioether (sulfide) groups is 1. The van der Waals surface area contributed by atoms with E-state index in [1.54, 1.807) is 13.2 Å². The van der Waals surface area contributed by atoms with Crippen LogP contribution in [-0.2, 0) is 11.3 Å². The van der Waals surface area contributed by atoms with E-state index in [0.717, 1.165) is 39.8 Å². The summed E-state index contributed by atoms with van der Waals surface area (Å²) in [5, 5.41) is -0.237. The van der Waals surface area contributed by atoms with Crippen LogP contribution in [0.4, 0.5) is 4.79 Å². The van der Waals surface area contributed by atoms with E-state index in [2.05, 4.69) is 0 Å². The number of amides is 2. The molecule has 0 aromatic heterocycles. The minimum absolute atomic E-state index is 0.237. The van der Waals surface area contributed by atoms with Crippen molar-refractivity contribution in [3.8, 4) is 5.75 Å². The number of hydrogen-bond donors (Lipinski definition) is 0. The molecule has 5 heteroatoms. The third-order valence-electron chi connectivity index (χ3n) is 4.19. The average molecular weight is 353 g/mol. The molecule has 0 radical (unpaired) electrons. The van der Waals surface area contributed by atoms with Crippen LogP contribution in [0.3, 0.4) is 0 Å². The van der Waals surface area contributed by atoms with Crippen LogP contribution in [0.1, 0.15) is 22.3 Å². The zero-order chi connectivity index (χ0) is 18.0. The Kier molecular flexibility index (Phi) is 4.95. The van der Waals surface area contributed by atoms with Crippen molar-refractivity contribution in [3.63, 3.8) is 0 Å². The van der Waals surface area contributed by atoms with Crippen molar-refractivity contribution in [2.45, 2.75) is 20.4 Å². The standard InChI is InChI=1S/C20H19NO3S/c1-13-6-4-5-7-16(13)12-21-19(22)18(25-20(21)23)11-15-9-8-14(2)17(10-15)24-3/h4-11H,12H2,1-3H3/b18-11-. The zero-order valence-electron chi connectivity index (χ0n) is 14.4. The van der Waals surface area contributed by atoms with Crippen molar-refractivity contribution in [3.05, 3.63) is 69.6 Å². The normalized spacial score (nSPS) is 16.0. The van der Waals surface area contributed by atoms with Crippen LogP contribution in [0.5, 0.6) is 5.75 Å². The summed E-state index contributed by atoms with van der Waals surface area (Å²) in [6, 6.07) is 13.5. The van der Waals surface area contributed by atoms with Crippen LogP contribution in [-0.4, -0.2) is 23.2 Å². The smallest absolute Gasteiger partial charge is 0.293 e. The van der Waals surface area contributed by atoms with Crippen LogP contribution in [0.25, 0.3) is 6.08 Å². The number of benzene rings is 2. The Bertz CT molecular complexity index is 873. The molecule has 128 valence electrons. The summed E-state index contributed by atoms with van der Waals surface area (Å²) in [6.07, 6.45) is 1.74. The van der Waals surface area contributed by atoms with Gasteiger partial charge in [-0.3, -0.25) is 14.5 Å². The van der Waals surface area contributed by atoms with Crippen LogP contribution in [0, 0.1) is 13.8 Å². The van der Waals surface area contributed by atoms with Gasteiger partial charge in [0.25, 0.3) is 11.1 Å². The number of ether oxygens (including phenoxy) is 1. The second-order valence-corrected chi connectivity index (χ2v) is 6.92. The minimum Gasteiger partial charge on any atom is -0.496 e. The fraction of sp³-hybridized carbons (Fsp3) is 0.200. The maximum atomic E-state index is 12.6. The average Bonchev–Trinajstić information content (AvgIpc) is 2.86. The second-order valence-electron chi connectivity index (χ2n) is 5.92. The van der Waals surface area contributed by atoms with E-state index >= 15 is 0 Å². The molecule has 1 heterocycles. The van der Waals surface area contributed by atoms with Gasteiger partial charge in [-0.1, -0.05) is 36.4 Å². The molecule has 0 spiro atoms. The lowest BCUT2D eigenvalue weighted by atomic mass is 10.1. The second kappa shape index (κ2) is 7.15. The molecule has 2 amide bonds. The van der Waals surface area contributed by atoms with E-state index in [0.29, 0.717) is 11.4 Å². The van der Waals surface area contributed by atoms with Gasteiger partial charge in [0.2, 0.25) is 0 Å². The first-order valence-corrected chi connectivity index (χ1v) is 8.76. The van der Waals surface area contributed by atoms with Crippen molar-refractivity contribution in [1.29, 1.82) is 0 Å². The van der Waals surface area contributed by atoms with Crippen molar-refractivity contribution in [1.82, 2.24) is 4.90 Å². The van der Waals surface area contributed by atoms with Gasteiger partial charge in [-0.2, -0.15) is 0 Å². The number of carbonyl (C=O) groups is 2. The lowest BCUT2D eigenvalue weighted by Crippen LogP contribution is -2.27. The lowest BCUT2D eigenvalue weighted by Gasteiger charge is -2.14. The third-order valence-corrected chi connectivity index (χ3v) is 5.10. The molecule has 1 fully saturated rings. The zero-order valence-corrected chi connectivity index (χ0v) is 15.2. The van der Waals surface area contributed by atoms with E-state index in [1.165, 1.54) is 4.90 Å². The quantitative estimate of drug-likeness (QED) is 0.757. The number of rotatable bonds is 4. The van der Waals surface area contributed by atoms with E-state index in [-0.39, 0.29) is 11.1 Å². The molecule has 2 aromatic carbocycles. The Balaban J connectivity index is 1.85.